The quantitative estimate of drug-likeness (QED) is 0.763. The molecule has 4 aliphatic rings. The van der Waals surface area contributed by atoms with Gasteiger partial charge in [-0.1, -0.05) is 0 Å². The van der Waals surface area contributed by atoms with Crippen LogP contribution in [0.1, 0.15) is 51.9 Å². The van der Waals surface area contributed by atoms with Gasteiger partial charge < -0.3 is 0 Å². The molecule has 0 atom stereocenters. The predicted octanol–water partition coefficient (Wildman–Crippen LogP) is 2.66. The van der Waals surface area contributed by atoms with E-state index in [1.165, 1.54) is 38.5 Å². The molecule has 0 saturated heterocycles. The number of nitrogens with one attached hydrogen (secondary N) is 1. The largest absolute Gasteiger partial charge is 0.274 e. The van der Waals surface area contributed by atoms with Crippen molar-refractivity contribution in [2.75, 3.05) is 6.61 Å². The number of hydrogen-bond donors (Lipinski definition) is 1. The first kappa shape index (κ1) is 11.5. The number of hydroxylamine groups is 1. The molecule has 0 aromatic rings. The van der Waals surface area contributed by atoms with Crippen molar-refractivity contribution in [3.05, 3.63) is 0 Å². The smallest absolute Gasteiger partial charge is 0.244 e. The zero-order valence-electron chi connectivity index (χ0n) is 10.7. The van der Waals surface area contributed by atoms with Crippen LogP contribution >= 0.6 is 0 Å². The van der Waals surface area contributed by atoms with Crippen molar-refractivity contribution >= 4 is 5.91 Å². The molecular formula is C14H23NO2. The van der Waals surface area contributed by atoms with E-state index in [4.69, 9.17) is 4.84 Å². The van der Waals surface area contributed by atoms with Crippen LogP contribution in [-0.2, 0) is 9.63 Å². The van der Waals surface area contributed by atoms with Crippen molar-refractivity contribution in [3.63, 3.8) is 0 Å². The second-order valence-corrected chi connectivity index (χ2v) is 6.55. The van der Waals surface area contributed by atoms with Gasteiger partial charge in [-0.05, 0) is 68.6 Å². The van der Waals surface area contributed by atoms with E-state index >= 15 is 0 Å². The van der Waals surface area contributed by atoms with Crippen molar-refractivity contribution in [2.45, 2.75) is 51.9 Å². The Balaban J connectivity index is 1.64. The first-order valence-electron chi connectivity index (χ1n) is 7.10. The Labute approximate surface area is 103 Å². The molecule has 0 spiro atoms. The molecular weight excluding hydrogens is 214 g/mol. The van der Waals surface area contributed by atoms with Crippen molar-refractivity contribution in [3.8, 4) is 0 Å². The van der Waals surface area contributed by atoms with E-state index < -0.39 is 0 Å². The Morgan fingerprint density at radius 2 is 1.71 bits per heavy atom. The molecule has 1 amide bonds. The third-order valence-electron chi connectivity index (χ3n) is 5.03. The summed E-state index contributed by atoms with van der Waals surface area (Å²) in [6.45, 7) is 2.44. The van der Waals surface area contributed by atoms with Gasteiger partial charge in [0.25, 0.3) is 0 Å². The van der Waals surface area contributed by atoms with Gasteiger partial charge in [0.15, 0.2) is 0 Å². The maximum absolute atomic E-state index is 11.9. The summed E-state index contributed by atoms with van der Waals surface area (Å²) < 4.78 is 0. The fourth-order valence-electron chi connectivity index (χ4n) is 5.04. The van der Waals surface area contributed by atoms with Crippen LogP contribution in [0.25, 0.3) is 0 Å². The van der Waals surface area contributed by atoms with Gasteiger partial charge in [-0.25, -0.2) is 5.48 Å². The van der Waals surface area contributed by atoms with E-state index in [-0.39, 0.29) is 5.91 Å². The lowest BCUT2D eigenvalue weighted by atomic mass is 9.49. The first-order chi connectivity index (χ1) is 8.19. The van der Waals surface area contributed by atoms with Crippen LogP contribution in [0.15, 0.2) is 0 Å². The van der Waals surface area contributed by atoms with Gasteiger partial charge in [0.1, 0.15) is 0 Å². The Bertz CT molecular complexity index is 278. The molecule has 0 aliphatic heterocycles. The predicted molar refractivity (Wildman–Crippen MR) is 65.0 cm³/mol. The summed E-state index contributed by atoms with van der Waals surface area (Å²) in [5.74, 6) is 2.84. The topological polar surface area (TPSA) is 38.3 Å². The maximum Gasteiger partial charge on any atom is 0.244 e. The maximum atomic E-state index is 11.9. The SMILES string of the molecule is CCONC(=O)CC12CC3CC(CC(C3)C1)C2. The summed E-state index contributed by atoms with van der Waals surface area (Å²) in [6.07, 6.45) is 8.87. The van der Waals surface area contributed by atoms with Crippen molar-refractivity contribution in [1.82, 2.24) is 5.48 Å². The molecule has 1 N–H and O–H groups in total. The summed E-state index contributed by atoms with van der Waals surface area (Å²) in [7, 11) is 0. The molecule has 4 bridgehead atoms. The van der Waals surface area contributed by atoms with Gasteiger partial charge in [0.05, 0.1) is 6.61 Å². The van der Waals surface area contributed by atoms with E-state index in [1.807, 2.05) is 6.92 Å². The molecule has 4 fully saturated rings. The Hall–Kier alpha value is -0.570. The zero-order valence-corrected chi connectivity index (χ0v) is 10.7. The molecule has 0 radical (unpaired) electrons. The number of amides is 1. The molecule has 4 saturated carbocycles. The van der Waals surface area contributed by atoms with Gasteiger partial charge in [-0.2, -0.15) is 0 Å². The van der Waals surface area contributed by atoms with Gasteiger partial charge in [0, 0.05) is 6.42 Å². The minimum atomic E-state index is 0.0915. The van der Waals surface area contributed by atoms with Crippen LogP contribution in [0.5, 0.6) is 0 Å². The summed E-state index contributed by atoms with van der Waals surface area (Å²) in [5, 5.41) is 0. The van der Waals surface area contributed by atoms with Crippen molar-refractivity contribution < 1.29 is 9.63 Å². The van der Waals surface area contributed by atoms with Gasteiger partial charge in [-0.3, -0.25) is 9.63 Å². The van der Waals surface area contributed by atoms with Crippen LogP contribution in [0, 0.1) is 23.2 Å². The summed E-state index contributed by atoms with van der Waals surface area (Å²) in [5.41, 5.74) is 2.90. The average Bonchev–Trinajstić information content (AvgIpc) is 2.23. The van der Waals surface area contributed by atoms with Gasteiger partial charge in [0.2, 0.25) is 5.91 Å². The fraction of sp³-hybridized carbons (Fsp3) is 0.929. The molecule has 0 unspecified atom stereocenters. The lowest BCUT2D eigenvalue weighted by Crippen LogP contribution is -2.48. The number of hydrogen-bond acceptors (Lipinski definition) is 2. The normalized spacial score (nSPS) is 42.8. The molecule has 17 heavy (non-hydrogen) atoms. The molecule has 4 aliphatic carbocycles. The fourth-order valence-corrected chi connectivity index (χ4v) is 5.04. The minimum absolute atomic E-state index is 0.0915. The van der Waals surface area contributed by atoms with Crippen LogP contribution < -0.4 is 5.48 Å². The van der Waals surface area contributed by atoms with Crippen molar-refractivity contribution in [2.24, 2.45) is 23.2 Å². The standard InChI is InChI=1S/C14H23NO2/c1-2-17-15-13(16)9-14-6-10-3-11(7-14)5-12(4-10)8-14/h10-12H,2-9H2,1H3,(H,15,16). The van der Waals surface area contributed by atoms with E-state index in [9.17, 15) is 4.79 Å². The minimum Gasteiger partial charge on any atom is -0.274 e. The highest BCUT2D eigenvalue weighted by Crippen LogP contribution is 2.61. The molecule has 96 valence electrons. The van der Waals surface area contributed by atoms with Gasteiger partial charge >= 0.3 is 0 Å². The average molecular weight is 237 g/mol. The van der Waals surface area contributed by atoms with Crippen LogP contribution in [0.2, 0.25) is 0 Å². The Kier molecular flexibility index (Phi) is 2.89. The summed E-state index contributed by atoms with van der Waals surface area (Å²) in [6, 6.07) is 0. The molecule has 3 nitrogen and oxygen atoms in total. The van der Waals surface area contributed by atoms with E-state index in [1.54, 1.807) is 0 Å². The number of carbonyl (C=O) groups excluding carboxylic acids is 1. The van der Waals surface area contributed by atoms with Crippen LogP contribution in [0.3, 0.4) is 0 Å². The highest BCUT2D eigenvalue weighted by Gasteiger charge is 2.51. The molecule has 0 heterocycles. The third-order valence-corrected chi connectivity index (χ3v) is 5.03. The Morgan fingerprint density at radius 1 is 1.18 bits per heavy atom. The number of rotatable bonds is 4. The van der Waals surface area contributed by atoms with Gasteiger partial charge in [-0.15, -0.1) is 0 Å². The number of carbonyl (C=O) groups is 1. The van der Waals surface area contributed by atoms with Crippen LogP contribution in [0.4, 0.5) is 0 Å². The van der Waals surface area contributed by atoms with Crippen LogP contribution in [-0.4, -0.2) is 12.5 Å². The molecule has 0 aromatic heterocycles. The van der Waals surface area contributed by atoms with E-state index in [0.717, 1.165) is 17.8 Å². The second-order valence-electron chi connectivity index (χ2n) is 6.55. The lowest BCUT2D eigenvalue weighted by molar-refractivity contribution is -0.141. The third kappa shape index (κ3) is 2.22. The lowest BCUT2D eigenvalue weighted by Gasteiger charge is -2.56. The molecule has 3 heteroatoms. The highest BCUT2D eigenvalue weighted by atomic mass is 16.6. The van der Waals surface area contributed by atoms with E-state index in [0.29, 0.717) is 18.4 Å². The van der Waals surface area contributed by atoms with Crippen molar-refractivity contribution in [1.29, 1.82) is 0 Å². The second kappa shape index (κ2) is 4.27. The summed E-state index contributed by atoms with van der Waals surface area (Å²) in [4.78, 5) is 16.9. The first-order valence-corrected chi connectivity index (χ1v) is 7.10. The highest BCUT2D eigenvalue weighted by molar-refractivity contribution is 5.75. The Morgan fingerprint density at radius 3 is 2.18 bits per heavy atom. The van der Waals surface area contributed by atoms with E-state index in [2.05, 4.69) is 5.48 Å². The molecule has 4 rings (SSSR count). The monoisotopic (exact) mass is 237 g/mol. The molecule has 0 aromatic carbocycles. The summed E-state index contributed by atoms with van der Waals surface area (Å²) >= 11 is 0. The zero-order chi connectivity index (χ0) is 11.9.